The van der Waals surface area contributed by atoms with Gasteiger partial charge in [-0.05, 0) is 38.5 Å². The van der Waals surface area contributed by atoms with Crippen molar-refractivity contribution in [3.05, 3.63) is 0 Å². The van der Waals surface area contributed by atoms with Gasteiger partial charge in [-0.15, -0.1) is 0 Å². The third-order valence-corrected chi connectivity index (χ3v) is 9.83. The fourth-order valence-electron chi connectivity index (χ4n) is 6.72. The normalized spacial score (nSPS) is 12.0. The first-order valence-electron chi connectivity index (χ1n) is 21.0. The van der Waals surface area contributed by atoms with Gasteiger partial charge in [0, 0.05) is 12.8 Å². The number of hydrogen-bond donors (Lipinski definition) is 1. The van der Waals surface area contributed by atoms with Gasteiger partial charge < -0.3 is 9.84 Å². The molecule has 0 rings (SSSR count). The van der Waals surface area contributed by atoms with E-state index in [2.05, 4.69) is 13.8 Å². The van der Waals surface area contributed by atoms with E-state index < -0.39 is 5.97 Å². The average Bonchev–Trinajstić information content (AvgIpc) is 3.04. The monoisotopic (exact) mass is 651 g/mol. The van der Waals surface area contributed by atoms with Gasteiger partial charge in [0.2, 0.25) is 0 Å². The van der Waals surface area contributed by atoms with E-state index in [0.717, 1.165) is 64.2 Å². The molecule has 0 saturated heterocycles. The Morgan fingerprint density at radius 3 is 0.957 bits per heavy atom. The van der Waals surface area contributed by atoms with Crippen LogP contribution < -0.4 is 0 Å². The summed E-state index contributed by atoms with van der Waals surface area (Å²) in [5.41, 5.74) is 0. The summed E-state index contributed by atoms with van der Waals surface area (Å²) < 4.78 is 6.02. The van der Waals surface area contributed by atoms with Crippen LogP contribution in [0.4, 0.5) is 0 Å². The molecule has 0 radical (unpaired) electrons. The van der Waals surface area contributed by atoms with Crippen LogP contribution in [0.25, 0.3) is 0 Å². The Labute approximate surface area is 288 Å². The number of aliphatic carboxylic acids is 1. The molecule has 274 valence electrons. The zero-order valence-electron chi connectivity index (χ0n) is 31.4. The maximum absolute atomic E-state index is 12.7. The van der Waals surface area contributed by atoms with E-state index in [4.69, 9.17) is 9.84 Å². The second-order valence-corrected chi connectivity index (χ2v) is 14.5. The number of rotatable bonds is 39. The van der Waals surface area contributed by atoms with Gasteiger partial charge in [-0.3, -0.25) is 9.59 Å². The summed E-state index contributed by atoms with van der Waals surface area (Å²) in [6, 6.07) is 0. The lowest BCUT2D eigenvalue weighted by atomic mass is 10.0. The van der Waals surface area contributed by atoms with E-state index in [-0.39, 0.29) is 18.5 Å². The van der Waals surface area contributed by atoms with Crippen molar-refractivity contribution in [1.82, 2.24) is 0 Å². The Morgan fingerprint density at radius 2 is 0.652 bits per heavy atom. The molecule has 46 heavy (non-hydrogen) atoms. The average molecular weight is 651 g/mol. The number of carbonyl (C=O) groups excluding carboxylic acids is 1. The van der Waals surface area contributed by atoms with E-state index in [1.165, 1.54) is 161 Å². The van der Waals surface area contributed by atoms with Crippen LogP contribution in [0, 0.1) is 0 Å². The molecular formula is C42H82O4. The number of carbonyl (C=O) groups is 2. The zero-order chi connectivity index (χ0) is 33.6. The van der Waals surface area contributed by atoms with Crippen LogP contribution in [0.3, 0.4) is 0 Å². The van der Waals surface area contributed by atoms with Crippen molar-refractivity contribution < 1.29 is 19.4 Å². The molecule has 0 fully saturated rings. The molecule has 0 amide bonds. The molecule has 0 aliphatic carbocycles. The van der Waals surface area contributed by atoms with Crippen molar-refractivity contribution >= 4 is 11.9 Å². The summed E-state index contributed by atoms with van der Waals surface area (Å²) in [5.74, 6) is -0.686. The van der Waals surface area contributed by atoms with Crippen LogP contribution in [0.2, 0.25) is 0 Å². The quantitative estimate of drug-likeness (QED) is 0.0531. The maximum Gasteiger partial charge on any atom is 0.306 e. The fraction of sp³-hybridized carbons (Fsp3) is 0.952. The van der Waals surface area contributed by atoms with E-state index in [0.29, 0.717) is 6.42 Å². The molecule has 0 aliphatic heterocycles. The number of unbranched alkanes of at least 4 members (excludes halogenated alkanes) is 30. The van der Waals surface area contributed by atoms with Crippen molar-refractivity contribution in [3.63, 3.8) is 0 Å². The number of ether oxygens (including phenoxy) is 1. The summed E-state index contributed by atoms with van der Waals surface area (Å²) in [6.07, 6.45) is 45.5. The Balaban J connectivity index is 3.98. The molecule has 1 unspecified atom stereocenters. The predicted octanol–water partition coefficient (Wildman–Crippen LogP) is 14.5. The van der Waals surface area contributed by atoms with Gasteiger partial charge in [-0.25, -0.2) is 0 Å². The molecule has 4 heteroatoms. The number of hydrogen-bond acceptors (Lipinski definition) is 3. The molecule has 1 N–H and O–H groups in total. The van der Waals surface area contributed by atoms with Crippen LogP contribution in [-0.2, 0) is 14.3 Å². The van der Waals surface area contributed by atoms with Crippen molar-refractivity contribution in [2.45, 2.75) is 258 Å². The third-order valence-electron chi connectivity index (χ3n) is 9.83. The lowest BCUT2D eigenvalue weighted by Crippen LogP contribution is -2.18. The van der Waals surface area contributed by atoms with Gasteiger partial charge in [0.1, 0.15) is 6.10 Å². The molecule has 0 saturated carbocycles. The molecule has 0 spiro atoms. The summed E-state index contributed by atoms with van der Waals surface area (Å²) >= 11 is 0. The van der Waals surface area contributed by atoms with Gasteiger partial charge in [0.05, 0.1) is 0 Å². The summed E-state index contributed by atoms with van der Waals surface area (Å²) in [4.78, 5) is 23.4. The molecule has 4 nitrogen and oxygen atoms in total. The Bertz CT molecular complexity index is 619. The molecule has 0 aromatic carbocycles. The van der Waals surface area contributed by atoms with Crippen LogP contribution in [0.15, 0.2) is 0 Å². The first-order valence-corrected chi connectivity index (χ1v) is 21.0. The molecule has 0 aliphatic rings. The minimum atomic E-state index is -0.695. The molecule has 0 aromatic rings. The molecule has 1 atom stereocenters. The van der Waals surface area contributed by atoms with Crippen LogP contribution >= 0.6 is 0 Å². The topological polar surface area (TPSA) is 63.6 Å². The summed E-state index contributed by atoms with van der Waals surface area (Å²) in [7, 11) is 0. The van der Waals surface area contributed by atoms with Gasteiger partial charge in [0.25, 0.3) is 0 Å². The van der Waals surface area contributed by atoms with E-state index >= 15 is 0 Å². The predicted molar refractivity (Wildman–Crippen MR) is 200 cm³/mol. The van der Waals surface area contributed by atoms with E-state index in [9.17, 15) is 9.59 Å². The molecule has 0 aromatic heterocycles. The smallest absolute Gasteiger partial charge is 0.306 e. The largest absolute Gasteiger partial charge is 0.481 e. The highest BCUT2D eigenvalue weighted by molar-refractivity contribution is 5.69. The lowest BCUT2D eigenvalue weighted by Gasteiger charge is -2.18. The standard InChI is InChI=1S/C42H82O4/c1-3-5-7-9-11-13-15-17-18-20-21-23-25-28-32-36-40(37-33-29-27-30-34-38-41(43)44)46-42(45)39-35-31-26-24-22-19-16-14-12-10-8-6-4-2/h40H,3-39H2,1-2H3,(H,43,44). The Morgan fingerprint density at radius 1 is 0.391 bits per heavy atom. The summed E-state index contributed by atoms with van der Waals surface area (Å²) in [5, 5.41) is 8.83. The highest BCUT2D eigenvalue weighted by atomic mass is 16.5. The van der Waals surface area contributed by atoms with Crippen molar-refractivity contribution in [2.24, 2.45) is 0 Å². The molecule has 0 bridgehead atoms. The zero-order valence-corrected chi connectivity index (χ0v) is 31.4. The van der Waals surface area contributed by atoms with E-state index in [1.807, 2.05) is 0 Å². The Kier molecular flexibility index (Phi) is 37.5. The van der Waals surface area contributed by atoms with Gasteiger partial charge >= 0.3 is 11.9 Å². The van der Waals surface area contributed by atoms with Crippen LogP contribution in [0.1, 0.15) is 251 Å². The van der Waals surface area contributed by atoms with Gasteiger partial charge in [-0.2, -0.15) is 0 Å². The van der Waals surface area contributed by atoms with Gasteiger partial charge in [0.15, 0.2) is 0 Å². The minimum absolute atomic E-state index is 0.00971. The summed E-state index contributed by atoms with van der Waals surface area (Å²) in [6.45, 7) is 4.57. The maximum atomic E-state index is 12.7. The van der Waals surface area contributed by atoms with Crippen molar-refractivity contribution in [1.29, 1.82) is 0 Å². The van der Waals surface area contributed by atoms with Gasteiger partial charge in [-0.1, -0.05) is 200 Å². The van der Waals surface area contributed by atoms with Crippen LogP contribution in [0.5, 0.6) is 0 Å². The highest BCUT2D eigenvalue weighted by Crippen LogP contribution is 2.19. The minimum Gasteiger partial charge on any atom is -0.481 e. The van der Waals surface area contributed by atoms with Crippen molar-refractivity contribution in [3.8, 4) is 0 Å². The van der Waals surface area contributed by atoms with E-state index in [1.54, 1.807) is 0 Å². The number of carboxylic acids is 1. The number of carboxylic acid groups (broad SMARTS) is 1. The fourth-order valence-corrected chi connectivity index (χ4v) is 6.72. The second kappa shape index (κ2) is 38.4. The second-order valence-electron chi connectivity index (χ2n) is 14.5. The lowest BCUT2D eigenvalue weighted by molar-refractivity contribution is -0.150. The SMILES string of the molecule is CCCCCCCCCCCCCCCCCC(CCCCCCCC(=O)O)OC(=O)CCCCCCCCCCCCCCC. The van der Waals surface area contributed by atoms with Crippen molar-refractivity contribution in [2.75, 3.05) is 0 Å². The third kappa shape index (κ3) is 37.4. The van der Waals surface area contributed by atoms with Crippen LogP contribution in [-0.4, -0.2) is 23.1 Å². The first-order chi connectivity index (χ1) is 22.6. The molecule has 0 heterocycles. The highest BCUT2D eigenvalue weighted by Gasteiger charge is 2.14. The first kappa shape index (κ1) is 44.9. The number of esters is 1. The molecular weight excluding hydrogens is 568 g/mol. The Hall–Kier alpha value is -1.06.